The predicted octanol–water partition coefficient (Wildman–Crippen LogP) is 1.09. The molecule has 0 atom stereocenters. The van der Waals surface area contributed by atoms with Crippen molar-refractivity contribution in [3.63, 3.8) is 0 Å². The van der Waals surface area contributed by atoms with Crippen molar-refractivity contribution in [3.8, 4) is 0 Å². The third kappa shape index (κ3) is 3.85. The zero-order valence-corrected chi connectivity index (χ0v) is 8.99. The minimum atomic E-state index is 0.763. The molecule has 1 aromatic rings. The Balaban J connectivity index is 2.34. The normalized spacial score (nSPS) is 10.6. The summed E-state index contributed by atoms with van der Waals surface area (Å²) in [5.41, 5.74) is 0. The molecule has 0 aromatic carbocycles. The smallest absolute Gasteiger partial charge is 0.0950 e. The second kappa shape index (κ2) is 6.07. The molecule has 0 saturated heterocycles. The van der Waals surface area contributed by atoms with Gasteiger partial charge in [0, 0.05) is 24.6 Å². The van der Waals surface area contributed by atoms with E-state index in [1.54, 1.807) is 18.4 Å². The molecule has 13 heavy (non-hydrogen) atoms. The average Bonchev–Trinajstić information content (AvgIpc) is 2.59. The van der Waals surface area contributed by atoms with E-state index >= 15 is 0 Å². The number of ether oxygens (including phenoxy) is 1. The number of nitrogens with one attached hydrogen (secondary N) is 1. The third-order valence-electron chi connectivity index (χ3n) is 1.74. The standard InChI is InChI=1S/C9H16N2OS/c1-10-5-3-8-7-11-9(13-8)4-6-12-2/h7,10H,3-6H2,1-2H3. The number of hydrogen-bond donors (Lipinski definition) is 1. The van der Waals surface area contributed by atoms with Gasteiger partial charge >= 0.3 is 0 Å². The van der Waals surface area contributed by atoms with Gasteiger partial charge in [-0.25, -0.2) is 4.98 Å². The highest BCUT2D eigenvalue weighted by atomic mass is 32.1. The first kappa shape index (κ1) is 10.6. The van der Waals surface area contributed by atoms with E-state index in [-0.39, 0.29) is 0 Å². The number of methoxy groups -OCH3 is 1. The molecule has 3 nitrogen and oxygen atoms in total. The van der Waals surface area contributed by atoms with Gasteiger partial charge in [-0.3, -0.25) is 0 Å². The van der Waals surface area contributed by atoms with Crippen molar-refractivity contribution in [1.82, 2.24) is 10.3 Å². The lowest BCUT2D eigenvalue weighted by atomic mass is 10.4. The molecule has 0 fully saturated rings. The first-order valence-corrected chi connectivity index (χ1v) is 5.25. The molecule has 0 unspecified atom stereocenters. The molecule has 0 aliphatic heterocycles. The van der Waals surface area contributed by atoms with Gasteiger partial charge in [-0.15, -0.1) is 11.3 Å². The Morgan fingerprint density at radius 2 is 2.38 bits per heavy atom. The van der Waals surface area contributed by atoms with E-state index in [1.165, 1.54) is 9.88 Å². The number of rotatable bonds is 6. The fraction of sp³-hybridized carbons (Fsp3) is 0.667. The quantitative estimate of drug-likeness (QED) is 0.746. The fourth-order valence-corrected chi connectivity index (χ4v) is 1.92. The van der Waals surface area contributed by atoms with E-state index in [0.29, 0.717) is 0 Å². The largest absolute Gasteiger partial charge is 0.384 e. The highest BCUT2D eigenvalue weighted by Gasteiger charge is 2.00. The molecule has 0 aliphatic carbocycles. The number of hydrogen-bond acceptors (Lipinski definition) is 4. The van der Waals surface area contributed by atoms with Crippen LogP contribution in [0.15, 0.2) is 6.20 Å². The van der Waals surface area contributed by atoms with Gasteiger partial charge in [0.25, 0.3) is 0 Å². The molecule has 0 saturated carbocycles. The molecular formula is C9H16N2OS. The van der Waals surface area contributed by atoms with Crippen LogP contribution in [-0.4, -0.2) is 32.3 Å². The first-order chi connectivity index (χ1) is 6.36. The van der Waals surface area contributed by atoms with Crippen LogP contribution in [0, 0.1) is 0 Å². The predicted molar refractivity (Wildman–Crippen MR) is 55.3 cm³/mol. The zero-order valence-electron chi connectivity index (χ0n) is 8.17. The van der Waals surface area contributed by atoms with Gasteiger partial charge in [0.2, 0.25) is 0 Å². The summed E-state index contributed by atoms with van der Waals surface area (Å²) in [6, 6.07) is 0. The molecular weight excluding hydrogens is 184 g/mol. The number of nitrogens with zero attached hydrogens (tertiary/aromatic N) is 1. The summed E-state index contributed by atoms with van der Waals surface area (Å²) in [5.74, 6) is 0. The topological polar surface area (TPSA) is 34.2 Å². The Morgan fingerprint density at radius 3 is 3.08 bits per heavy atom. The molecule has 0 radical (unpaired) electrons. The van der Waals surface area contributed by atoms with Crippen molar-refractivity contribution in [3.05, 3.63) is 16.1 Å². The Bertz CT molecular complexity index is 215. The van der Waals surface area contributed by atoms with E-state index < -0.39 is 0 Å². The van der Waals surface area contributed by atoms with Crippen molar-refractivity contribution < 1.29 is 4.74 Å². The molecule has 0 bridgehead atoms. The summed E-state index contributed by atoms with van der Waals surface area (Å²) in [6.07, 6.45) is 3.97. The van der Waals surface area contributed by atoms with E-state index in [2.05, 4.69) is 10.3 Å². The lowest BCUT2D eigenvalue weighted by Crippen LogP contribution is -2.09. The maximum Gasteiger partial charge on any atom is 0.0950 e. The second-order valence-corrected chi connectivity index (χ2v) is 4.02. The van der Waals surface area contributed by atoms with Gasteiger partial charge in [-0.1, -0.05) is 0 Å². The average molecular weight is 200 g/mol. The summed E-state index contributed by atoms with van der Waals surface area (Å²) in [5, 5.41) is 4.30. The third-order valence-corrected chi connectivity index (χ3v) is 2.86. The molecule has 0 aliphatic rings. The minimum Gasteiger partial charge on any atom is -0.384 e. The van der Waals surface area contributed by atoms with Crippen LogP contribution in [0.3, 0.4) is 0 Å². The second-order valence-electron chi connectivity index (χ2n) is 2.82. The van der Waals surface area contributed by atoms with Crippen molar-refractivity contribution in [2.24, 2.45) is 0 Å². The summed E-state index contributed by atoms with van der Waals surface area (Å²) in [4.78, 5) is 5.66. The van der Waals surface area contributed by atoms with Gasteiger partial charge < -0.3 is 10.1 Å². The minimum absolute atomic E-state index is 0.763. The molecule has 0 amide bonds. The lowest BCUT2D eigenvalue weighted by molar-refractivity contribution is 0.202. The van der Waals surface area contributed by atoms with Crippen LogP contribution in [0.2, 0.25) is 0 Å². The molecule has 1 heterocycles. The summed E-state index contributed by atoms with van der Waals surface area (Å²) < 4.78 is 4.99. The van der Waals surface area contributed by atoms with Crippen LogP contribution >= 0.6 is 11.3 Å². The molecule has 1 rings (SSSR count). The Morgan fingerprint density at radius 1 is 1.54 bits per heavy atom. The van der Waals surface area contributed by atoms with Crippen molar-refractivity contribution >= 4 is 11.3 Å². The van der Waals surface area contributed by atoms with E-state index in [9.17, 15) is 0 Å². The molecule has 1 aromatic heterocycles. The Labute approximate surface area is 83.1 Å². The summed E-state index contributed by atoms with van der Waals surface area (Å²) in [7, 11) is 3.68. The number of likely N-dealkylation sites (N-methyl/N-ethyl adjacent to an activating group) is 1. The molecule has 0 spiro atoms. The highest BCUT2D eigenvalue weighted by molar-refractivity contribution is 7.11. The summed E-state index contributed by atoms with van der Waals surface area (Å²) in [6.45, 7) is 1.78. The van der Waals surface area contributed by atoms with Gasteiger partial charge in [0.15, 0.2) is 0 Å². The highest BCUT2D eigenvalue weighted by Crippen LogP contribution is 2.13. The zero-order chi connectivity index (χ0) is 9.52. The number of thiazole rings is 1. The molecule has 1 N–H and O–H groups in total. The van der Waals surface area contributed by atoms with E-state index in [0.717, 1.165) is 26.0 Å². The van der Waals surface area contributed by atoms with Crippen molar-refractivity contribution in [2.75, 3.05) is 27.3 Å². The van der Waals surface area contributed by atoms with Crippen LogP contribution < -0.4 is 5.32 Å². The van der Waals surface area contributed by atoms with Crippen LogP contribution in [-0.2, 0) is 17.6 Å². The maximum atomic E-state index is 4.99. The van der Waals surface area contributed by atoms with Crippen LogP contribution in [0.5, 0.6) is 0 Å². The Kier molecular flexibility index (Phi) is 4.97. The van der Waals surface area contributed by atoms with Gasteiger partial charge in [-0.2, -0.15) is 0 Å². The summed E-state index contributed by atoms with van der Waals surface area (Å²) >= 11 is 1.78. The van der Waals surface area contributed by atoms with Gasteiger partial charge in [-0.05, 0) is 20.0 Å². The SMILES string of the molecule is CNCCc1cnc(CCOC)s1. The number of aromatic nitrogens is 1. The Hall–Kier alpha value is -0.450. The van der Waals surface area contributed by atoms with Gasteiger partial charge in [0.05, 0.1) is 11.6 Å². The van der Waals surface area contributed by atoms with Crippen LogP contribution in [0.4, 0.5) is 0 Å². The van der Waals surface area contributed by atoms with E-state index in [4.69, 9.17) is 4.74 Å². The maximum absolute atomic E-state index is 4.99. The van der Waals surface area contributed by atoms with Crippen molar-refractivity contribution in [2.45, 2.75) is 12.8 Å². The lowest BCUT2D eigenvalue weighted by Gasteiger charge is -1.94. The van der Waals surface area contributed by atoms with Crippen LogP contribution in [0.1, 0.15) is 9.88 Å². The van der Waals surface area contributed by atoms with E-state index in [1.807, 2.05) is 13.2 Å². The molecule has 74 valence electrons. The monoisotopic (exact) mass is 200 g/mol. The first-order valence-electron chi connectivity index (χ1n) is 4.44. The van der Waals surface area contributed by atoms with Crippen molar-refractivity contribution in [1.29, 1.82) is 0 Å². The van der Waals surface area contributed by atoms with Crippen LogP contribution in [0.25, 0.3) is 0 Å². The van der Waals surface area contributed by atoms with Gasteiger partial charge in [0.1, 0.15) is 0 Å². The molecule has 4 heteroatoms. The fourth-order valence-electron chi connectivity index (χ4n) is 1.02.